The molecule has 0 N–H and O–H groups in total. The van der Waals surface area contributed by atoms with Crippen LogP contribution in [0.4, 0.5) is 4.70 Å². The van der Waals surface area contributed by atoms with Crippen LogP contribution in [0.3, 0.4) is 0 Å². The summed E-state index contributed by atoms with van der Waals surface area (Å²) in [5, 5.41) is 0. The number of hydrogen-bond donors (Lipinski definition) is 0. The quantitative estimate of drug-likeness (QED) is 0.504. The Morgan fingerprint density at radius 2 is 0.769 bits per heavy atom. The van der Waals surface area contributed by atoms with E-state index in [0.29, 0.717) is 0 Å². The van der Waals surface area contributed by atoms with Gasteiger partial charge in [-0.15, -0.1) is 0 Å². The average Bonchev–Trinajstić information content (AvgIpc) is 1.41. The van der Waals surface area contributed by atoms with Crippen molar-refractivity contribution in [1.29, 1.82) is 0 Å². The van der Waals surface area contributed by atoms with Gasteiger partial charge in [-0.05, 0) is 0 Å². The molecule has 0 aliphatic carbocycles. The first-order valence-corrected chi connectivity index (χ1v) is 2.21. The molecule has 4 heteroatoms. The minimum Gasteiger partial charge on any atom is -0.358 e. The predicted molar refractivity (Wildman–Crippen MR) is 53.0 cm³/mol. The summed E-state index contributed by atoms with van der Waals surface area (Å²) in [5.41, 5.74) is 0. The van der Waals surface area contributed by atoms with Gasteiger partial charge in [-0.25, -0.2) is 0 Å². The van der Waals surface area contributed by atoms with E-state index in [1.807, 2.05) is 0 Å². The first-order valence-electron chi connectivity index (χ1n) is 2.21. The van der Waals surface area contributed by atoms with E-state index >= 15 is 0 Å². The van der Waals surface area contributed by atoms with Gasteiger partial charge in [0.25, 0.3) is 0 Å². The van der Waals surface area contributed by atoms with Crippen molar-refractivity contribution in [2.45, 2.75) is 27.7 Å². The maximum atomic E-state index is 3.25. The largest absolute Gasteiger partial charge is 2.00 e. The van der Waals surface area contributed by atoms with Crippen molar-refractivity contribution in [2.24, 2.45) is 0 Å². The van der Waals surface area contributed by atoms with Gasteiger partial charge in [0, 0.05) is 21.1 Å². The third-order valence-corrected chi connectivity index (χ3v) is 0. The summed E-state index contributed by atoms with van der Waals surface area (Å²) >= 11 is 0. The zero-order valence-electron chi connectivity index (χ0n) is 9.92. The van der Waals surface area contributed by atoms with Crippen molar-refractivity contribution in [3.63, 3.8) is 0 Å². The molecular formula is C9H24FV2W-. The van der Waals surface area contributed by atoms with Crippen LogP contribution in [0.15, 0.2) is 0 Å². The summed E-state index contributed by atoms with van der Waals surface area (Å²) < 4.78 is 0. The van der Waals surface area contributed by atoms with Crippen molar-refractivity contribution < 1.29 is 62.9 Å². The van der Waals surface area contributed by atoms with Gasteiger partial charge in [-0.3, -0.25) is 4.70 Å². The van der Waals surface area contributed by atoms with Gasteiger partial charge in [0.05, 0.1) is 0 Å². The Labute approximate surface area is 125 Å². The molecule has 0 aromatic heterocycles. The Balaban J connectivity index is -0.00000000242. The molecule has 0 heterocycles. The fraction of sp³-hybridized carbons (Fsp3) is 0.444. The molecule has 0 nitrogen and oxygen atoms in total. The summed E-state index contributed by atoms with van der Waals surface area (Å²) in [7, 11) is 0. The smallest absolute Gasteiger partial charge is 0.358 e. The molecule has 2 radical (unpaired) electrons. The minimum atomic E-state index is 0. The summed E-state index contributed by atoms with van der Waals surface area (Å²) in [6.45, 7) is 11.2. The van der Waals surface area contributed by atoms with Crippen molar-refractivity contribution in [2.75, 3.05) is 0 Å². The van der Waals surface area contributed by atoms with Crippen molar-refractivity contribution in [3.05, 3.63) is 35.1 Å². The number of rotatable bonds is 0. The van der Waals surface area contributed by atoms with Crippen LogP contribution in [0.1, 0.15) is 27.7 Å². The standard InChI is InChI=1S/C4H9.C2H5.3CH3.FH.2V.W/c1-4(2)3;1-2;;;;;;;/h1-3H3;1H2,2H3;3*1H3;1H;;;/q5*-1;;2*+2;. The normalized spacial score (nSPS) is 3.23. The van der Waals surface area contributed by atoms with Crippen molar-refractivity contribution >= 4 is 0 Å². The van der Waals surface area contributed by atoms with E-state index in [0.717, 1.165) is 0 Å². The van der Waals surface area contributed by atoms with Crippen LogP contribution in [0.2, 0.25) is 0 Å². The van der Waals surface area contributed by atoms with Gasteiger partial charge in [0.1, 0.15) is 0 Å². The number of hydrogen-bond acceptors (Lipinski definition) is 0. The van der Waals surface area contributed by atoms with Gasteiger partial charge < -0.3 is 35.1 Å². The maximum absolute atomic E-state index is 3.25. The first kappa shape index (κ1) is 83.9. The van der Waals surface area contributed by atoms with E-state index < -0.39 is 0 Å². The fourth-order valence-corrected chi connectivity index (χ4v) is 0. The molecule has 84 valence electrons. The second-order valence-electron chi connectivity index (χ2n) is 1.50. The Hall–Kier alpha value is 1.79. The summed E-state index contributed by atoms with van der Waals surface area (Å²) in [6.07, 6.45) is 0. The SMILES string of the molecule is C[C-](C)C.F.[CH2-]C.[CH3-].[CH3-].[CH3-].[V+2].[V+2].[W]. The average molecular weight is 437 g/mol. The van der Waals surface area contributed by atoms with Crippen LogP contribution in [-0.4, -0.2) is 0 Å². The van der Waals surface area contributed by atoms with E-state index in [4.69, 9.17) is 0 Å². The Kier molecular flexibility index (Phi) is 635. The third-order valence-electron chi connectivity index (χ3n) is 0. The van der Waals surface area contributed by atoms with Crippen LogP contribution < -0.4 is 0 Å². The topological polar surface area (TPSA) is 0 Å². The Bertz CT molecular complexity index is 22.3. The molecule has 0 aromatic carbocycles. The Morgan fingerprint density at radius 3 is 0.769 bits per heavy atom. The van der Waals surface area contributed by atoms with Crippen LogP contribution >= 0.6 is 0 Å². The van der Waals surface area contributed by atoms with E-state index in [2.05, 4.69) is 27.7 Å². The van der Waals surface area contributed by atoms with Crippen molar-refractivity contribution in [1.82, 2.24) is 0 Å². The van der Waals surface area contributed by atoms with Crippen molar-refractivity contribution in [3.8, 4) is 0 Å². The van der Waals surface area contributed by atoms with E-state index in [1.165, 1.54) is 5.92 Å². The van der Waals surface area contributed by atoms with Gasteiger partial charge >= 0.3 is 37.1 Å². The molecule has 0 fully saturated rings. The summed E-state index contributed by atoms with van der Waals surface area (Å²) in [6, 6.07) is 0. The molecule has 0 aromatic rings. The summed E-state index contributed by atoms with van der Waals surface area (Å²) in [4.78, 5) is 0. The molecule has 0 amide bonds. The molecule has 0 spiro atoms. The molecule has 0 atom stereocenters. The molecule has 0 saturated carbocycles. The van der Waals surface area contributed by atoms with E-state index in [-0.39, 0.29) is 85.2 Å². The molecule has 0 bridgehead atoms. The molecule has 0 aliphatic heterocycles. The fourth-order valence-electron chi connectivity index (χ4n) is 0. The monoisotopic (exact) mass is 437 g/mol. The van der Waals surface area contributed by atoms with Gasteiger partial charge in [0.15, 0.2) is 0 Å². The van der Waals surface area contributed by atoms with E-state index in [9.17, 15) is 0 Å². The van der Waals surface area contributed by atoms with E-state index in [1.54, 1.807) is 6.92 Å². The second kappa shape index (κ2) is 98.4. The Morgan fingerprint density at radius 1 is 0.769 bits per heavy atom. The van der Waals surface area contributed by atoms with Crippen LogP contribution in [-0.2, 0) is 58.2 Å². The third kappa shape index (κ3) is 600. The molecule has 0 unspecified atom stereocenters. The van der Waals surface area contributed by atoms with Gasteiger partial charge in [-0.1, -0.05) is 0 Å². The van der Waals surface area contributed by atoms with Gasteiger partial charge in [0.2, 0.25) is 0 Å². The number of halogens is 1. The second-order valence-corrected chi connectivity index (χ2v) is 1.50. The van der Waals surface area contributed by atoms with Crippen LogP contribution in [0.25, 0.3) is 0 Å². The minimum absolute atomic E-state index is 0. The molecule has 0 saturated heterocycles. The molecule has 13 heavy (non-hydrogen) atoms. The molecule has 0 rings (SSSR count). The zero-order chi connectivity index (χ0) is 5.58. The van der Waals surface area contributed by atoms with Crippen LogP contribution in [0.5, 0.6) is 0 Å². The predicted octanol–water partition coefficient (Wildman–Crippen LogP) is 3.96. The summed E-state index contributed by atoms with van der Waals surface area (Å²) in [5.74, 6) is 1.42. The molecular weight excluding hydrogens is 413 g/mol. The molecule has 0 aliphatic rings. The first-order chi connectivity index (χ1) is 2.73. The zero-order valence-corrected chi connectivity index (χ0v) is 15.6. The van der Waals surface area contributed by atoms with Gasteiger partial charge in [-0.2, -0.15) is 27.7 Å². The van der Waals surface area contributed by atoms with Crippen LogP contribution in [0, 0.1) is 35.1 Å². The maximum Gasteiger partial charge on any atom is 2.00 e.